The topological polar surface area (TPSA) is 91.1 Å². The number of para-hydroxylation sites is 2. The van der Waals surface area contributed by atoms with Gasteiger partial charge in [-0.15, -0.1) is 0 Å². The Morgan fingerprint density at radius 1 is 1.26 bits per heavy atom. The van der Waals surface area contributed by atoms with Crippen molar-refractivity contribution >= 4 is 22.8 Å². The van der Waals surface area contributed by atoms with Crippen molar-refractivity contribution in [3.05, 3.63) is 30.0 Å². The lowest BCUT2D eigenvalue weighted by Crippen LogP contribution is -2.31. The second-order valence-corrected chi connectivity index (χ2v) is 6.71. The van der Waals surface area contributed by atoms with Crippen molar-refractivity contribution in [3.63, 3.8) is 0 Å². The molecule has 7 nitrogen and oxygen atoms in total. The molecule has 0 unspecified atom stereocenters. The molecule has 1 fully saturated rings. The third-order valence-electron chi connectivity index (χ3n) is 4.83. The number of likely N-dealkylation sites (tertiary alicyclic amines) is 1. The fraction of sp³-hybridized carbons (Fsp3) is 0.500. The molecule has 1 aliphatic rings. The quantitative estimate of drug-likeness (QED) is 0.594. The molecule has 142 valence electrons. The number of anilines is 1. The van der Waals surface area contributed by atoms with E-state index < -0.39 is 11.9 Å². The number of nitrogens with one attached hydrogen (secondary N) is 1. The molecule has 0 bridgehead atoms. The smallest absolute Gasteiger partial charge is 0.329 e. The molecule has 0 saturated carbocycles. The SMILES string of the molecule is COC(=O)[C@H](C#N)c1nc2ccccc2nc1NCCCN1CCCCC1. The number of fused-ring (bicyclic) bond motifs is 1. The maximum Gasteiger partial charge on any atom is 0.329 e. The number of piperidine rings is 1. The number of aromatic nitrogens is 2. The highest BCUT2D eigenvalue weighted by Gasteiger charge is 2.27. The van der Waals surface area contributed by atoms with Gasteiger partial charge < -0.3 is 15.0 Å². The first-order chi connectivity index (χ1) is 13.2. The van der Waals surface area contributed by atoms with Gasteiger partial charge in [-0.1, -0.05) is 18.6 Å². The summed E-state index contributed by atoms with van der Waals surface area (Å²) in [4.78, 5) is 23.6. The third-order valence-corrected chi connectivity index (χ3v) is 4.83. The van der Waals surface area contributed by atoms with Gasteiger partial charge >= 0.3 is 5.97 Å². The van der Waals surface area contributed by atoms with Gasteiger partial charge in [-0.3, -0.25) is 4.79 Å². The lowest BCUT2D eigenvalue weighted by atomic mass is 10.1. The summed E-state index contributed by atoms with van der Waals surface area (Å²) in [7, 11) is 1.27. The summed E-state index contributed by atoms with van der Waals surface area (Å²) in [5.41, 5.74) is 1.69. The van der Waals surface area contributed by atoms with Crippen molar-refractivity contribution in [1.29, 1.82) is 5.26 Å². The molecule has 2 aromatic rings. The number of methoxy groups -OCH3 is 1. The van der Waals surface area contributed by atoms with Crippen molar-refractivity contribution in [2.75, 3.05) is 38.6 Å². The zero-order valence-corrected chi connectivity index (χ0v) is 15.6. The maximum atomic E-state index is 12.0. The van der Waals surface area contributed by atoms with Crippen molar-refractivity contribution in [2.45, 2.75) is 31.6 Å². The first kappa shape index (κ1) is 19.1. The van der Waals surface area contributed by atoms with Gasteiger partial charge in [0.1, 0.15) is 5.69 Å². The Morgan fingerprint density at radius 2 is 1.96 bits per heavy atom. The summed E-state index contributed by atoms with van der Waals surface area (Å²) < 4.78 is 4.77. The highest BCUT2D eigenvalue weighted by molar-refractivity contribution is 5.84. The zero-order valence-electron chi connectivity index (χ0n) is 15.6. The lowest BCUT2D eigenvalue weighted by Gasteiger charge is -2.26. The molecule has 0 amide bonds. The van der Waals surface area contributed by atoms with E-state index in [1.165, 1.54) is 39.5 Å². The van der Waals surface area contributed by atoms with Gasteiger partial charge in [-0.2, -0.15) is 5.26 Å². The van der Waals surface area contributed by atoms with E-state index in [-0.39, 0.29) is 0 Å². The van der Waals surface area contributed by atoms with Crippen LogP contribution in [-0.2, 0) is 9.53 Å². The fourth-order valence-electron chi connectivity index (χ4n) is 3.38. The molecular weight excluding hydrogens is 342 g/mol. The first-order valence-corrected chi connectivity index (χ1v) is 9.43. The van der Waals surface area contributed by atoms with Crippen LogP contribution < -0.4 is 5.32 Å². The number of carbonyl (C=O) groups excluding carboxylic acids is 1. The number of nitrogens with zero attached hydrogens (tertiary/aromatic N) is 4. The van der Waals surface area contributed by atoms with Crippen molar-refractivity contribution in [3.8, 4) is 6.07 Å². The van der Waals surface area contributed by atoms with Crippen LogP contribution in [0, 0.1) is 11.3 Å². The number of rotatable bonds is 7. The standard InChI is InChI=1S/C20H25N5O2/c1-27-20(26)15(14-21)18-19(24-17-9-4-3-8-16(17)23-18)22-10-7-13-25-11-5-2-6-12-25/h3-4,8-9,15H,2,5-7,10-13H2,1H3,(H,22,24)/t15-/m1/s1. The van der Waals surface area contributed by atoms with Gasteiger partial charge in [-0.05, 0) is 51.0 Å². The van der Waals surface area contributed by atoms with Crippen LogP contribution in [0.15, 0.2) is 24.3 Å². The van der Waals surface area contributed by atoms with Gasteiger partial charge in [-0.25, -0.2) is 9.97 Å². The first-order valence-electron chi connectivity index (χ1n) is 9.43. The van der Waals surface area contributed by atoms with Crippen LogP contribution in [-0.4, -0.2) is 54.1 Å². The highest BCUT2D eigenvalue weighted by Crippen LogP contribution is 2.25. The Bertz CT molecular complexity index is 827. The number of ether oxygens (including phenoxy) is 1. The minimum absolute atomic E-state index is 0.320. The van der Waals surface area contributed by atoms with Crippen LogP contribution in [0.5, 0.6) is 0 Å². The van der Waals surface area contributed by atoms with Crippen molar-refractivity contribution < 1.29 is 9.53 Å². The zero-order chi connectivity index (χ0) is 19.1. The summed E-state index contributed by atoms with van der Waals surface area (Å²) in [6.07, 6.45) is 4.84. The molecule has 1 atom stereocenters. The molecular formula is C20H25N5O2. The summed E-state index contributed by atoms with van der Waals surface area (Å²) in [5.74, 6) is -1.25. The van der Waals surface area contributed by atoms with Crippen molar-refractivity contribution in [1.82, 2.24) is 14.9 Å². The molecule has 27 heavy (non-hydrogen) atoms. The van der Waals surface area contributed by atoms with E-state index in [1.807, 2.05) is 30.3 Å². The fourth-order valence-corrected chi connectivity index (χ4v) is 3.38. The molecule has 0 aliphatic carbocycles. The molecule has 1 N–H and O–H groups in total. The molecule has 1 aliphatic heterocycles. The van der Waals surface area contributed by atoms with Crippen LogP contribution in [0.1, 0.15) is 37.3 Å². The van der Waals surface area contributed by atoms with Gasteiger partial charge in [0.05, 0.1) is 24.2 Å². The molecule has 1 aromatic carbocycles. The summed E-state index contributed by atoms with van der Waals surface area (Å²) >= 11 is 0. The Kier molecular flexibility index (Phi) is 6.55. The number of nitriles is 1. The third kappa shape index (κ3) is 4.72. The van der Waals surface area contributed by atoms with Gasteiger partial charge in [0.15, 0.2) is 11.7 Å². The molecule has 1 saturated heterocycles. The van der Waals surface area contributed by atoms with Gasteiger partial charge in [0.2, 0.25) is 0 Å². The van der Waals surface area contributed by atoms with E-state index in [0.29, 0.717) is 23.6 Å². The highest BCUT2D eigenvalue weighted by atomic mass is 16.5. The summed E-state index contributed by atoms with van der Waals surface area (Å²) in [6.45, 7) is 4.07. The van der Waals surface area contributed by atoms with Gasteiger partial charge in [0, 0.05) is 6.54 Å². The molecule has 2 heterocycles. The number of carbonyl (C=O) groups is 1. The summed E-state index contributed by atoms with van der Waals surface area (Å²) in [5, 5.41) is 12.7. The second kappa shape index (κ2) is 9.28. The number of benzene rings is 1. The van der Waals surface area contributed by atoms with E-state index in [2.05, 4.69) is 20.2 Å². The predicted octanol–water partition coefficient (Wildman–Crippen LogP) is 2.70. The van der Waals surface area contributed by atoms with E-state index >= 15 is 0 Å². The van der Waals surface area contributed by atoms with E-state index in [4.69, 9.17) is 4.74 Å². The normalized spacial score (nSPS) is 15.9. The molecule has 0 spiro atoms. The Morgan fingerprint density at radius 3 is 2.63 bits per heavy atom. The largest absolute Gasteiger partial charge is 0.468 e. The predicted molar refractivity (Wildman–Crippen MR) is 103 cm³/mol. The van der Waals surface area contributed by atoms with Crippen LogP contribution in [0.4, 0.5) is 5.82 Å². The minimum atomic E-state index is -1.10. The molecule has 1 aromatic heterocycles. The van der Waals surface area contributed by atoms with Gasteiger partial charge in [0.25, 0.3) is 0 Å². The van der Waals surface area contributed by atoms with E-state index in [9.17, 15) is 10.1 Å². The van der Waals surface area contributed by atoms with Crippen LogP contribution in [0.25, 0.3) is 11.0 Å². The monoisotopic (exact) mass is 367 g/mol. The number of esters is 1. The van der Waals surface area contributed by atoms with Crippen molar-refractivity contribution in [2.24, 2.45) is 0 Å². The Balaban J connectivity index is 1.76. The van der Waals surface area contributed by atoms with Crippen LogP contribution >= 0.6 is 0 Å². The second-order valence-electron chi connectivity index (χ2n) is 6.71. The number of hydrogen-bond donors (Lipinski definition) is 1. The lowest BCUT2D eigenvalue weighted by molar-refractivity contribution is -0.141. The Labute approximate surface area is 159 Å². The summed E-state index contributed by atoms with van der Waals surface area (Å²) in [6, 6.07) is 9.41. The van der Waals surface area contributed by atoms with Crippen LogP contribution in [0.3, 0.4) is 0 Å². The average Bonchev–Trinajstić information content (AvgIpc) is 2.72. The molecule has 7 heteroatoms. The van der Waals surface area contributed by atoms with E-state index in [0.717, 1.165) is 18.5 Å². The maximum absolute atomic E-state index is 12.0. The average molecular weight is 367 g/mol. The Hall–Kier alpha value is -2.72. The van der Waals surface area contributed by atoms with Crippen LogP contribution in [0.2, 0.25) is 0 Å². The molecule has 3 rings (SSSR count). The molecule has 0 radical (unpaired) electrons. The number of hydrogen-bond acceptors (Lipinski definition) is 7. The van der Waals surface area contributed by atoms with E-state index in [1.54, 1.807) is 0 Å². The minimum Gasteiger partial charge on any atom is -0.468 e.